The summed E-state index contributed by atoms with van der Waals surface area (Å²) in [5, 5.41) is 0. The second-order valence-electron chi connectivity index (χ2n) is 11.2. The molecular weight excluding hydrogens is 392 g/mol. The van der Waals surface area contributed by atoms with E-state index in [2.05, 4.69) is 82.3 Å². The largest absolute Gasteiger partial charge is 0.465 e. The first-order valence-corrected chi connectivity index (χ1v) is 12.1. The molecule has 0 aliphatic heterocycles. The number of allylic oxidation sites excluding steroid dienone is 1. The Balaban J connectivity index is 1.54. The second-order valence-corrected chi connectivity index (χ2v) is 11.2. The van der Waals surface area contributed by atoms with Crippen LogP contribution in [0, 0.1) is 16.7 Å². The maximum absolute atomic E-state index is 12.7. The highest BCUT2D eigenvalue weighted by molar-refractivity contribution is 5.84. The quantitative estimate of drug-likeness (QED) is 0.315. The summed E-state index contributed by atoms with van der Waals surface area (Å²) in [7, 11) is 0. The van der Waals surface area contributed by atoms with Crippen LogP contribution in [0.1, 0.15) is 83.1 Å². The van der Waals surface area contributed by atoms with Gasteiger partial charge in [-0.05, 0) is 85.1 Å². The van der Waals surface area contributed by atoms with Crippen LogP contribution in [-0.4, -0.2) is 12.6 Å². The van der Waals surface area contributed by atoms with Crippen LogP contribution in [0.4, 0.5) is 0 Å². The second kappa shape index (κ2) is 10.1. The summed E-state index contributed by atoms with van der Waals surface area (Å²) in [5.41, 5.74) is 6.55. The average Bonchev–Trinajstić information content (AvgIpc) is 2.75. The Morgan fingerprint density at radius 1 is 1.00 bits per heavy atom. The summed E-state index contributed by atoms with van der Waals surface area (Å²) in [6, 6.07) is 17.5. The molecule has 0 bridgehead atoms. The first kappa shape index (κ1) is 24.3. The number of ether oxygens (including phenoxy) is 1. The Morgan fingerprint density at radius 3 is 2.41 bits per heavy atom. The Kier molecular flexibility index (Phi) is 7.64. The van der Waals surface area contributed by atoms with Crippen LogP contribution in [0.2, 0.25) is 0 Å². The van der Waals surface area contributed by atoms with Crippen molar-refractivity contribution in [2.75, 3.05) is 6.61 Å². The minimum atomic E-state index is -0.461. The third-order valence-corrected chi connectivity index (χ3v) is 6.87. The molecule has 1 aliphatic rings. The molecule has 2 heteroatoms. The molecule has 3 rings (SSSR count). The fraction of sp³-hybridized carbons (Fsp3) is 0.500. The number of aryl methyl sites for hydroxylation is 2. The first-order valence-electron chi connectivity index (χ1n) is 12.1. The SMILES string of the molecule is CC(CC(C)(C)C)C(C)(C)C(=O)OCCCc1ccc2c(c1)C=C(c1ccccc1)CC2. The normalized spacial score (nSPS) is 15.0. The third kappa shape index (κ3) is 6.34. The zero-order chi connectivity index (χ0) is 23.4. The van der Waals surface area contributed by atoms with Gasteiger partial charge in [0, 0.05) is 0 Å². The van der Waals surface area contributed by atoms with E-state index in [4.69, 9.17) is 4.74 Å². The van der Waals surface area contributed by atoms with E-state index in [1.807, 2.05) is 13.8 Å². The highest BCUT2D eigenvalue weighted by atomic mass is 16.5. The van der Waals surface area contributed by atoms with Crippen LogP contribution in [-0.2, 0) is 22.4 Å². The van der Waals surface area contributed by atoms with Crippen molar-refractivity contribution in [1.82, 2.24) is 0 Å². The average molecular weight is 433 g/mol. The minimum absolute atomic E-state index is 0.0740. The van der Waals surface area contributed by atoms with Gasteiger partial charge in [-0.15, -0.1) is 0 Å². The molecule has 1 aliphatic carbocycles. The predicted molar refractivity (Wildman–Crippen MR) is 135 cm³/mol. The number of hydrogen-bond donors (Lipinski definition) is 0. The van der Waals surface area contributed by atoms with Crippen LogP contribution in [0.3, 0.4) is 0 Å². The minimum Gasteiger partial charge on any atom is -0.465 e. The summed E-state index contributed by atoms with van der Waals surface area (Å²) < 4.78 is 5.70. The van der Waals surface area contributed by atoms with Gasteiger partial charge in [0.15, 0.2) is 0 Å². The Morgan fingerprint density at radius 2 is 1.72 bits per heavy atom. The molecule has 0 heterocycles. The topological polar surface area (TPSA) is 26.3 Å². The van der Waals surface area contributed by atoms with Gasteiger partial charge in [0.2, 0.25) is 0 Å². The smallest absolute Gasteiger partial charge is 0.311 e. The molecule has 0 saturated carbocycles. The summed E-state index contributed by atoms with van der Waals surface area (Å²) in [5.74, 6) is 0.205. The Labute approximate surface area is 195 Å². The van der Waals surface area contributed by atoms with Gasteiger partial charge in [-0.3, -0.25) is 4.79 Å². The number of carbonyl (C=O) groups is 1. The first-order chi connectivity index (χ1) is 15.1. The van der Waals surface area contributed by atoms with Gasteiger partial charge in [0.25, 0.3) is 0 Å². The van der Waals surface area contributed by atoms with Crippen LogP contribution < -0.4 is 0 Å². The molecule has 0 aromatic heterocycles. The standard InChI is InChI=1S/C30H40O2/c1-22(21-29(2,3)4)30(5,6)28(31)32-18-10-11-23-14-15-25-16-17-26(20-27(25)19-23)24-12-8-7-9-13-24/h7-9,12-15,19-20,22H,10-11,16-18,21H2,1-6H3. The number of esters is 1. The monoisotopic (exact) mass is 432 g/mol. The highest BCUT2D eigenvalue weighted by Gasteiger charge is 2.37. The van der Waals surface area contributed by atoms with E-state index in [9.17, 15) is 4.79 Å². The van der Waals surface area contributed by atoms with E-state index < -0.39 is 5.41 Å². The van der Waals surface area contributed by atoms with Crippen molar-refractivity contribution in [3.63, 3.8) is 0 Å². The molecular formula is C30H40O2. The van der Waals surface area contributed by atoms with Crippen LogP contribution >= 0.6 is 0 Å². The molecule has 1 atom stereocenters. The van der Waals surface area contributed by atoms with Crippen molar-refractivity contribution >= 4 is 17.6 Å². The predicted octanol–water partition coefficient (Wildman–Crippen LogP) is 7.75. The van der Waals surface area contributed by atoms with E-state index in [1.165, 1.54) is 27.8 Å². The lowest BCUT2D eigenvalue weighted by molar-refractivity contribution is -0.157. The summed E-state index contributed by atoms with van der Waals surface area (Å²) in [6.07, 6.45) is 7.31. The Hall–Kier alpha value is -2.35. The fourth-order valence-electron chi connectivity index (χ4n) is 4.57. The molecule has 32 heavy (non-hydrogen) atoms. The zero-order valence-corrected chi connectivity index (χ0v) is 20.8. The van der Waals surface area contributed by atoms with E-state index in [1.54, 1.807) is 0 Å². The number of carbonyl (C=O) groups excluding carboxylic acids is 1. The van der Waals surface area contributed by atoms with Crippen molar-refractivity contribution in [2.24, 2.45) is 16.7 Å². The third-order valence-electron chi connectivity index (χ3n) is 6.87. The highest BCUT2D eigenvalue weighted by Crippen LogP contribution is 2.37. The van der Waals surface area contributed by atoms with Gasteiger partial charge in [0.1, 0.15) is 0 Å². The van der Waals surface area contributed by atoms with Gasteiger partial charge in [-0.1, -0.05) is 82.3 Å². The van der Waals surface area contributed by atoms with Gasteiger partial charge < -0.3 is 4.74 Å². The van der Waals surface area contributed by atoms with Crippen molar-refractivity contribution in [3.05, 3.63) is 70.8 Å². The van der Waals surface area contributed by atoms with Gasteiger partial charge in [-0.25, -0.2) is 0 Å². The number of fused-ring (bicyclic) bond motifs is 1. The molecule has 0 radical (unpaired) electrons. The zero-order valence-electron chi connectivity index (χ0n) is 20.8. The lowest BCUT2D eigenvalue weighted by Gasteiger charge is -2.34. The molecule has 0 spiro atoms. The Bertz CT molecular complexity index is 945. The molecule has 1 unspecified atom stereocenters. The maximum Gasteiger partial charge on any atom is 0.311 e. The maximum atomic E-state index is 12.7. The summed E-state index contributed by atoms with van der Waals surface area (Å²) in [6.45, 7) is 13.4. The molecule has 2 aromatic carbocycles. The van der Waals surface area contributed by atoms with E-state index in [0.29, 0.717) is 6.61 Å². The van der Waals surface area contributed by atoms with E-state index >= 15 is 0 Å². The molecule has 0 fully saturated rings. The molecule has 0 saturated heterocycles. The van der Waals surface area contributed by atoms with E-state index in [-0.39, 0.29) is 17.3 Å². The van der Waals surface area contributed by atoms with Crippen molar-refractivity contribution in [1.29, 1.82) is 0 Å². The number of benzene rings is 2. The molecule has 2 nitrogen and oxygen atoms in total. The van der Waals surface area contributed by atoms with Crippen LogP contribution in [0.15, 0.2) is 48.5 Å². The van der Waals surface area contributed by atoms with Crippen LogP contribution in [0.5, 0.6) is 0 Å². The molecule has 2 aromatic rings. The number of hydrogen-bond acceptors (Lipinski definition) is 2. The lowest BCUT2D eigenvalue weighted by Crippen LogP contribution is -2.35. The van der Waals surface area contributed by atoms with E-state index in [0.717, 1.165) is 32.1 Å². The lowest BCUT2D eigenvalue weighted by atomic mass is 9.72. The van der Waals surface area contributed by atoms with Crippen molar-refractivity contribution < 1.29 is 9.53 Å². The van der Waals surface area contributed by atoms with Gasteiger partial charge in [-0.2, -0.15) is 0 Å². The molecule has 172 valence electrons. The van der Waals surface area contributed by atoms with Crippen molar-refractivity contribution in [2.45, 2.75) is 73.6 Å². The van der Waals surface area contributed by atoms with Crippen molar-refractivity contribution in [3.8, 4) is 0 Å². The van der Waals surface area contributed by atoms with Crippen LogP contribution in [0.25, 0.3) is 11.6 Å². The fourth-order valence-corrected chi connectivity index (χ4v) is 4.57. The summed E-state index contributed by atoms with van der Waals surface area (Å²) >= 11 is 0. The summed E-state index contributed by atoms with van der Waals surface area (Å²) in [4.78, 5) is 12.7. The van der Waals surface area contributed by atoms with Gasteiger partial charge >= 0.3 is 5.97 Å². The number of rotatable bonds is 8. The molecule has 0 amide bonds. The van der Waals surface area contributed by atoms with Gasteiger partial charge in [0.05, 0.1) is 12.0 Å². The molecule has 0 N–H and O–H groups in total.